The van der Waals surface area contributed by atoms with Crippen LogP contribution in [0.25, 0.3) is 11.4 Å². The summed E-state index contributed by atoms with van der Waals surface area (Å²) in [6, 6.07) is 8.89. The first-order chi connectivity index (χ1) is 18.8. The Hall–Kier alpha value is -1.96. The summed E-state index contributed by atoms with van der Waals surface area (Å²) in [5, 5.41) is 0. The quantitative estimate of drug-likeness (QED) is 0.137. The Morgan fingerprint density at radius 3 is 1.92 bits per heavy atom. The van der Waals surface area contributed by atoms with Gasteiger partial charge in [0.1, 0.15) is 0 Å². The minimum Gasteiger partial charge on any atom is -0.236 e. The second kappa shape index (κ2) is 19.2. The number of allylic oxidation sites excluding steroid dienone is 2. The summed E-state index contributed by atoms with van der Waals surface area (Å²) in [4.78, 5) is 9.33. The van der Waals surface area contributed by atoms with Crippen molar-refractivity contribution in [3.63, 3.8) is 0 Å². The van der Waals surface area contributed by atoms with Gasteiger partial charge >= 0.3 is 0 Å². The van der Waals surface area contributed by atoms with Crippen molar-refractivity contribution < 1.29 is 0 Å². The molecule has 0 bridgehead atoms. The summed E-state index contributed by atoms with van der Waals surface area (Å²) in [7, 11) is 0. The molecule has 1 aliphatic carbocycles. The molecule has 0 spiro atoms. The van der Waals surface area contributed by atoms with Crippen LogP contribution in [0.2, 0.25) is 0 Å². The zero-order chi connectivity index (χ0) is 26.7. The van der Waals surface area contributed by atoms with Gasteiger partial charge in [0.25, 0.3) is 0 Å². The van der Waals surface area contributed by atoms with Crippen LogP contribution < -0.4 is 0 Å². The normalized spacial score (nSPS) is 17.8. The molecule has 1 aliphatic rings. The van der Waals surface area contributed by atoms with Crippen LogP contribution in [0.15, 0.2) is 48.8 Å². The third kappa shape index (κ3) is 12.3. The molecular formula is C36H56N2. The molecule has 0 unspecified atom stereocenters. The fourth-order valence-electron chi connectivity index (χ4n) is 5.98. The molecule has 0 N–H and O–H groups in total. The molecule has 2 nitrogen and oxygen atoms in total. The fourth-order valence-corrected chi connectivity index (χ4v) is 5.98. The predicted octanol–water partition coefficient (Wildman–Crippen LogP) is 11.1. The number of hydrogen-bond acceptors (Lipinski definition) is 2. The molecule has 1 aromatic heterocycles. The second-order valence-electron chi connectivity index (χ2n) is 11.9. The van der Waals surface area contributed by atoms with Crippen LogP contribution in [0.3, 0.4) is 0 Å². The summed E-state index contributed by atoms with van der Waals surface area (Å²) >= 11 is 0. The van der Waals surface area contributed by atoms with Crippen LogP contribution >= 0.6 is 0 Å². The molecule has 38 heavy (non-hydrogen) atoms. The van der Waals surface area contributed by atoms with Crippen molar-refractivity contribution in [1.82, 2.24) is 9.97 Å². The molecule has 1 aromatic carbocycles. The van der Waals surface area contributed by atoms with Crippen LogP contribution in [0.4, 0.5) is 0 Å². The van der Waals surface area contributed by atoms with Crippen molar-refractivity contribution in [3.05, 3.63) is 59.9 Å². The van der Waals surface area contributed by atoms with Gasteiger partial charge in [-0.2, -0.15) is 0 Å². The third-order valence-corrected chi connectivity index (χ3v) is 8.60. The highest BCUT2D eigenvalue weighted by Gasteiger charge is 2.18. The largest absolute Gasteiger partial charge is 0.236 e. The summed E-state index contributed by atoms with van der Waals surface area (Å²) in [6.45, 7) is 4.59. The van der Waals surface area contributed by atoms with Crippen molar-refractivity contribution >= 4 is 0 Å². The lowest BCUT2D eigenvalue weighted by Gasteiger charge is -2.26. The SMILES string of the molecule is CCCCCCCCCCCc1cnc(-c2ccc(CC/C=C/[C@H]3CC[C@H](CCCCC)CC3)cc2)nc1. The number of unbranched alkanes of at least 4 members (excludes halogenated alkanes) is 10. The van der Waals surface area contributed by atoms with Crippen LogP contribution in [0.5, 0.6) is 0 Å². The van der Waals surface area contributed by atoms with Gasteiger partial charge in [0.05, 0.1) is 0 Å². The molecule has 0 aliphatic heterocycles. The van der Waals surface area contributed by atoms with E-state index >= 15 is 0 Å². The van der Waals surface area contributed by atoms with Crippen molar-refractivity contribution in [2.24, 2.45) is 11.8 Å². The fraction of sp³-hybridized carbons (Fsp3) is 0.667. The van der Waals surface area contributed by atoms with E-state index in [2.05, 4.69) is 60.2 Å². The van der Waals surface area contributed by atoms with Crippen molar-refractivity contribution in [2.45, 2.75) is 142 Å². The summed E-state index contributed by atoms with van der Waals surface area (Å²) in [5.41, 5.74) is 3.79. The lowest BCUT2D eigenvalue weighted by atomic mass is 9.79. The Bertz CT molecular complexity index is 859. The van der Waals surface area contributed by atoms with Gasteiger partial charge in [-0.25, -0.2) is 9.97 Å². The number of nitrogens with zero attached hydrogens (tertiary/aromatic N) is 2. The Morgan fingerprint density at radius 2 is 1.26 bits per heavy atom. The molecule has 0 amide bonds. The van der Waals surface area contributed by atoms with Gasteiger partial charge in [-0.1, -0.05) is 127 Å². The Labute approximate surface area is 235 Å². The van der Waals surface area contributed by atoms with E-state index < -0.39 is 0 Å². The average Bonchev–Trinajstić information content (AvgIpc) is 2.96. The van der Waals surface area contributed by atoms with Crippen LogP contribution in [-0.2, 0) is 12.8 Å². The second-order valence-corrected chi connectivity index (χ2v) is 11.9. The highest BCUT2D eigenvalue weighted by molar-refractivity contribution is 5.55. The van der Waals surface area contributed by atoms with Crippen molar-refractivity contribution in [3.8, 4) is 11.4 Å². The van der Waals surface area contributed by atoms with Gasteiger partial charge in [0.2, 0.25) is 0 Å². The summed E-state index contributed by atoms with van der Waals surface area (Å²) in [6.07, 6.45) is 36.1. The standard InChI is InChI=1S/C36H56N2/c1-3-5-7-8-9-10-11-12-14-20-34-29-37-36(38-30-34)35-27-25-33(26-28-35)19-16-15-18-32-23-21-31(22-24-32)17-13-6-4-2/h15,18,25-32H,3-14,16-17,19-24H2,1-2H3/b18-15+/t31-,32-. The van der Waals surface area contributed by atoms with Gasteiger partial charge in [-0.15, -0.1) is 0 Å². The lowest BCUT2D eigenvalue weighted by molar-refractivity contribution is 0.289. The van der Waals surface area contributed by atoms with Crippen LogP contribution in [-0.4, -0.2) is 9.97 Å². The van der Waals surface area contributed by atoms with Gasteiger partial charge in [-0.05, 0) is 74.3 Å². The molecule has 0 saturated heterocycles. The first kappa shape index (κ1) is 30.6. The average molecular weight is 517 g/mol. The molecule has 3 rings (SSSR count). The Balaban J connectivity index is 1.29. The van der Waals surface area contributed by atoms with Gasteiger partial charge in [-0.3, -0.25) is 0 Å². The number of benzene rings is 1. The van der Waals surface area contributed by atoms with E-state index in [0.717, 1.165) is 42.5 Å². The van der Waals surface area contributed by atoms with Crippen LogP contribution in [0.1, 0.15) is 141 Å². The molecule has 210 valence electrons. The first-order valence-corrected chi connectivity index (χ1v) is 16.3. The van der Waals surface area contributed by atoms with Crippen LogP contribution in [0, 0.1) is 11.8 Å². The third-order valence-electron chi connectivity index (χ3n) is 8.60. The summed E-state index contributed by atoms with van der Waals surface area (Å²) < 4.78 is 0. The van der Waals surface area contributed by atoms with E-state index in [-0.39, 0.29) is 0 Å². The topological polar surface area (TPSA) is 25.8 Å². The molecule has 2 heteroatoms. The smallest absolute Gasteiger partial charge is 0.159 e. The number of hydrogen-bond donors (Lipinski definition) is 0. The highest BCUT2D eigenvalue weighted by atomic mass is 14.9. The molecule has 1 heterocycles. The highest BCUT2D eigenvalue weighted by Crippen LogP contribution is 2.32. The number of rotatable bonds is 19. The zero-order valence-electron chi connectivity index (χ0n) is 24.8. The van der Waals surface area contributed by atoms with Gasteiger partial charge < -0.3 is 0 Å². The monoisotopic (exact) mass is 516 g/mol. The van der Waals surface area contributed by atoms with E-state index in [0.29, 0.717) is 0 Å². The predicted molar refractivity (Wildman–Crippen MR) is 165 cm³/mol. The van der Waals surface area contributed by atoms with E-state index in [9.17, 15) is 0 Å². The summed E-state index contributed by atoms with van der Waals surface area (Å²) in [5.74, 6) is 2.67. The minimum atomic E-state index is 0.820. The van der Waals surface area contributed by atoms with Crippen molar-refractivity contribution in [2.75, 3.05) is 0 Å². The first-order valence-electron chi connectivity index (χ1n) is 16.3. The number of aryl methyl sites for hydroxylation is 2. The molecule has 0 atom stereocenters. The lowest BCUT2D eigenvalue weighted by Crippen LogP contribution is -2.13. The maximum atomic E-state index is 4.67. The molecule has 2 aromatic rings. The maximum Gasteiger partial charge on any atom is 0.159 e. The Morgan fingerprint density at radius 1 is 0.658 bits per heavy atom. The van der Waals surface area contributed by atoms with Crippen molar-refractivity contribution in [1.29, 1.82) is 0 Å². The van der Waals surface area contributed by atoms with Gasteiger partial charge in [0.15, 0.2) is 5.82 Å². The van der Waals surface area contributed by atoms with E-state index in [1.807, 2.05) is 12.4 Å². The van der Waals surface area contributed by atoms with Gasteiger partial charge in [0, 0.05) is 18.0 Å². The Kier molecular flexibility index (Phi) is 15.4. The minimum absolute atomic E-state index is 0.820. The van der Waals surface area contributed by atoms with E-state index in [4.69, 9.17) is 0 Å². The van der Waals surface area contributed by atoms with E-state index in [1.165, 1.54) is 120 Å². The molecule has 0 radical (unpaired) electrons. The molecule has 1 fully saturated rings. The molecule has 1 saturated carbocycles. The van der Waals surface area contributed by atoms with E-state index in [1.54, 1.807) is 0 Å². The number of aromatic nitrogens is 2. The zero-order valence-corrected chi connectivity index (χ0v) is 24.8. The molecular weight excluding hydrogens is 460 g/mol. The maximum absolute atomic E-state index is 4.67.